The normalized spacial score (nSPS) is 17.9. The second-order valence-corrected chi connectivity index (χ2v) is 9.34. The Labute approximate surface area is 224 Å². The van der Waals surface area contributed by atoms with Crippen LogP contribution >= 0.6 is 0 Å². The van der Waals surface area contributed by atoms with Crippen molar-refractivity contribution >= 4 is 17.7 Å². The van der Waals surface area contributed by atoms with Gasteiger partial charge in [0.15, 0.2) is 0 Å². The van der Waals surface area contributed by atoms with E-state index < -0.39 is 81.9 Å². The number of alkyl halides is 9. The van der Waals surface area contributed by atoms with E-state index in [0.717, 1.165) is 11.1 Å². The maximum Gasteiger partial charge on any atom is 0.471 e. The fraction of sp³-hybridized carbons (Fsp3) is 0.625. The summed E-state index contributed by atoms with van der Waals surface area (Å²) in [5.41, 5.74) is 1.68. The van der Waals surface area contributed by atoms with Crippen molar-refractivity contribution in [1.82, 2.24) is 19.6 Å². The van der Waals surface area contributed by atoms with Gasteiger partial charge in [0.05, 0.1) is 0 Å². The lowest BCUT2D eigenvalue weighted by Gasteiger charge is -2.32. The zero-order valence-corrected chi connectivity index (χ0v) is 21.5. The van der Waals surface area contributed by atoms with E-state index in [4.69, 9.17) is 0 Å². The lowest BCUT2D eigenvalue weighted by atomic mass is 10.1. The summed E-state index contributed by atoms with van der Waals surface area (Å²) in [5.74, 6) is -6.91. The summed E-state index contributed by atoms with van der Waals surface area (Å²) < 4.78 is 118. The molecule has 1 fully saturated rings. The van der Waals surface area contributed by atoms with Gasteiger partial charge in [0.2, 0.25) is 0 Å². The molecule has 40 heavy (non-hydrogen) atoms. The minimum absolute atomic E-state index is 0.00520. The van der Waals surface area contributed by atoms with Crippen LogP contribution in [0.5, 0.6) is 0 Å². The van der Waals surface area contributed by atoms with Crippen LogP contribution in [0, 0.1) is 6.92 Å². The largest absolute Gasteiger partial charge is 0.471 e. The number of hydrogen-bond acceptors (Lipinski definition) is 4. The Morgan fingerprint density at radius 3 is 1.30 bits per heavy atom. The molecule has 0 saturated carbocycles. The van der Waals surface area contributed by atoms with Gasteiger partial charge in [-0.15, -0.1) is 0 Å². The van der Waals surface area contributed by atoms with E-state index in [-0.39, 0.29) is 31.0 Å². The highest BCUT2D eigenvalue weighted by Crippen LogP contribution is 2.23. The molecule has 0 spiro atoms. The molecule has 16 heteroatoms. The molecule has 0 aromatic heterocycles. The zero-order chi connectivity index (χ0) is 30.3. The van der Waals surface area contributed by atoms with Gasteiger partial charge in [0.25, 0.3) is 0 Å². The van der Waals surface area contributed by atoms with Crippen molar-refractivity contribution in [2.24, 2.45) is 0 Å². The average Bonchev–Trinajstić information content (AvgIpc) is 2.84. The molecule has 0 radical (unpaired) electrons. The van der Waals surface area contributed by atoms with E-state index in [2.05, 4.69) is 0 Å². The van der Waals surface area contributed by atoms with E-state index in [1.54, 1.807) is 29.2 Å². The SMILES string of the molecule is Cc1ccc(CN2CCCN(C(=O)C(F)(F)F)CCN(C(=O)C(F)(F)F)CCCN(C(=O)C(F)(F)F)CC2)cc1. The molecule has 1 heterocycles. The van der Waals surface area contributed by atoms with Crippen LogP contribution in [0.4, 0.5) is 39.5 Å². The van der Waals surface area contributed by atoms with Crippen LogP contribution in [0.3, 0.4) is 0 Å². The second kappa shape index (κ2) is 13.5. The van der Waals surface area contributed by atoms with Crippen molar-refractivity contribution in [3.63, 3.8) is 0 Å². The highest BCUT2D eigenvalue weighted by Gasteiger charge is 2.45. The van der Waals surface area contributed by atoms with Crippen LogP contribution in [-0.4, -0.2) is 108 Å². The number of nitrogens with zero attached hydrogens (tertiary/aromatic N) is 4. The van der Waals surface area contributed by atoms with E-state index in [1.165, 1.54) is 0 Å². The predicted molar refractivity (Wildman–Crippen MR) is 124 cm³/mol. The molecular formula is C24H29F9N4O3. The fourth-order valence-corrected chi connectivity index (χ4v) is 4.15. The van der Waals surface area contributed by atoms with Crippen LogP contribution in [0.15, 0.2) is 24.3 Å². The van der Waals surface area contributed by atoms with Gasteiger partial charge in [-0.2, -0.15) is 39.5 Å². The first kappa shape index (κ1) is 33.2. The molecule has 0 aliphatic carbocycles. The Balaban J connectivity index is 2.35. The highest BCUT2D eigenvalue weighted by molar-refractivity contribution is 5.83. The predicted octanol–water partition coefficient (Wildman–Crippen LogP) is 3.76. The first-order valence-electron chi connectivity index (χ1n) is 12.3. The molecule has 1 aliphatic rings. The third-order valence-corrected chi connectivity index (χ3v) is 6.20. The summed E-state index contributed by atoms with van der Waals surface area (Å²) in [4.78, 5) is 38.3. The molecule has 2 rings (SSSR count). The van der Waals surface area contributed by atoms with Crippen molar-refractivity contribution in [3.05, 3.63) is 35.4 Å². The topological polar surface area (TPSA) is 64.2 Å². The number of benzene rings is 1. The molecule has 0 bridgehead atoms. The standard InChI is InChI=1S/C24H29F9N4O3/c1-17-4-6-18(7-5-17)16-34-8-2-9-36(20(39)23(28,29)30)14-15-37(21(40)24(31,32)33)11-3-10-35(13-12-34)19(38)22(25,26)27/h4-7H,2-3,8-16H2,1H3. The fourth-order valence-electron chi connectivity index (χ4n) is 4.15. The number of carbonyl (C=O) groups excluding carboxylic acids is 3. The molecular weight excluding hydrogens is 563 g/mol. The van der Waals surface area contributed by atoms with E-state index in [9.17, 15) is 53.9 Å². The summed E-state index contributed by atoms with van der Waals surface area (Å²) in [7, 11) is 0. The van der Waals surface area contributed by atoms with Gasteiger partial charge >= 0.3 is 36.3 Å². The zero-order valence-electron chi connectivity index (χ0n) is 21.5. The van der Waals surface area contributed by atoms with Gasteiger partial charge in [-0.05, 0) is 25.3 Å². The molecule has 0 N–H and O–H groups in total. The number of hydrogen-bond donors (Lipinski definition) is 0. The summed E-state index contributed by atoms with van der Waals surface area (Å²) in [6.45, 7) is -2.46. The van der Waals surface area contributed by atoms with Gasteiger partial charge in [0.1, 0.15) is 0 Å². The number of amides is 3. The number of halogens is 9. The van der Waals surface area contributed by atoms with Crippen LogP contribution in [0.1, 0.15) is 24.0 Å². The van der Waals surface area contributed by atoms with Crippen LogP contribution < -0.4 is 0 Å². The molecule has 1 aromatic carbocycles. The van der Waals surface area contributed by atoms with Gasteiger partial charge in [0, 0.05) is 58.9 Å². The number of aryl methyl sites for hydroxylation is 1. The Hall–Kier alpha value is -3.04. The molecule has 3 amide bonds. The third kappa shape index (κ3) is 10.2. The van der Waals surface area contributed by atoms with Gasteiger partial charge < -0.3 is 14.7 Å². The molecule has 226 valence electrons. The maximum absolute atomic E-state index is 13.2. The summed E-state index contributed by atoms with van der Waals surface area (Å²) in [6.07, 6.45) is -16.6. The van der Waals surface area contributed by atoms with E-state index >= 15 is 0 Å². The molecule has 1 aromatic rings. The van der Waals surface area contributed by atoms with Crippen LogP contribution in [-0.2, 0) is 20.9 Å². The Morgan fingerprint density at radius 2 is 0.925 bits per heavy atom. The van der Waals surface area contributed by atoms with E-state index in [0.29, 0.717) is 9.80 Å². The lowest BCUT2D eigenvalue weighted by Crippen LogP contribution is -2.50. The van der Waals surface area contributed by atoms with Crippen LogP contribution in [0.2, 0.25) is 0 Å². The quantitative estimate of drug-likeness (QED) is 0.491. The Bertz CT molecular complexity index is 1010. The first-order chi connectivity index (χ1) is 18.4. The minimum Gasteiger partial charge on any atom is -0.334 e. The van der Waals surface area contributed by atoms with Crippen LogP contribution in [0.25, 0.3) is 0 Å². The number of carbonyl (C=O) groups is 3. The minimum atomic E-state index is -5.41. The summed E-state index contributed by atoms with van der Waals surface area (Å²) in [6, 6.07) is 7.09. The monoisotopic (exact) mass is 592 g/mol. The number of rotatable bonds is 2. The van der Waals surface area contributed by atoms with Crippen molar-refractivity contribution < 1.29 is 53.9 Å². The van der Waals surface area contributed by atoms with Crippen molar-refractivity contribution in [2.75, 3.05) is 52.4 Å². The van der Waals surface area contributed by atoms with Gasteiger partial charge in [-0.25, -0.2) is 0 Å². The summed E-state index contributed by atoms with van der Waals surface area (Å²) in [5, 5.41) is 0. The van der Waals surface area contributed by atoms with Crippen molar-refractivity contribution in [1.29, 1.82) is 0 Å². The highest BCUT2D eigenvalue weighted by atomic mass is 19.4. The second-order valence-electron chi connectivity index (χ2n) is 9.34. The van der Waals surface area contributed by atoms with Crippen molar-refractivity contribution in [3.8, 4) is 0 Å². The average molecular weight is 593 g/mol. The molecule has 0 atom stereocenters. The van der Waals surface area contributed by atoms with Gasteiger partial charge in [-0.3, -0.25) is 19.3 Å². The summed E-state index contributed by atoms with van der Waals surface area (Å²) >= 11 is 0. The third-order valence-electron chi connectivity index (χ3n) is 6.20. The van der Waals surface area contributed by atoms with Gasteiger partial charge in [-0.1, -0.05) is 29.8 Å². The first-order valence-corrected chi connectivity index (χ1v) is 12.3. The lowest BCUT2D eigenvalue weighted by molar-refractivity contribution is -0.189. The van der Waals surface area contributed by atoms with Crippen molar-refractivity contribution in [2.45, 2.75) is 44.8 Å². The van der Waals surface area contributed by atoms with E-state index in [1.807, 2.05) is 6.92 Å². The maximum atomic E-state index is 13.2. The molecule has 1 saturated heterocycles. The smallest absolute Gasteiger partial charge is 0.334 e. The Kier molecular flexibility index (Phi) is 11.2. The molecule has 1 aliphatic heterocycles. The molecule has 0 unspecified atom stereocenters. The Morgan fingerprint density at radius 1 is 0.575 bits per heavy atom. The molecule has 7 nitrogen and oxygen atoms in total.